The zero-order valence-electron chi connectivity index (χ0n) is 8.56. The predicted molar refractivity (Wildman–Crippen MR) is 56.7 cm³/mol. The Morgan fingerprint density at radius 2 is 2.20 bits per heavy atom. The molecule has 0 aliphatic rings. The predicted octanol–water partition coefficient (Wildman–Crippen LogP) is 0.182. The van der Waals surface area contributed by atoms with E-state index in [2.05, 4.69) is 10.6 Å². The monoisotopic (exact) mass is 233 g/mol. The first kappa shape index (κ1) is 13.9. The van der Waals surface area contributed by atoms with E-state index < -0.39 is 28.2 Å². The molecule has 0 aromatic rings. The van der Waals surface area contributed by atoms with Crippen molar-refractivity contribution in [1.29, 1.82) is 0 Å². The SMILES string of the molecule is C#CCC(CC)NS(=O)(=O)CCC(=O)O. The van der Waals surface area contributed by atoms with Gasteiger partial charge in [-0.25, -0.2) is 13.1 Å². The van der Waals surface area contributed by atoms with Crippen LogP contribution in [0.3, 0.4) is 0 Å². The second kappa shape index (κ2) is 6.43. The molecule has 5 nitrogen and oxygen atoms in total. The lowest BCUT2D eigenvalue weighted by Gasteiger charge is -2.13. The number of carbonyl (C=O) groups is 1. The van der Waals surface area contributed by atoms with Crippen LogP contribution in [-0.4, -0.2) is 31.3 Å². The van der Waals surface area contributed by atoms with E-state index in [4.69, 9.17) is 11.5 Å². The molecule has 0 spiro atoms. The highest BCUT2D eigenvalue weighted by Gasteiger charge is 2.16. The van der Waals surface area contributed by atoms with E-state index in [1.807, 2.05) is 6.92 Å². The summed E-state index contributed by atoms with van der Waals surface area (Å²) in [5.41, 5.74) is 0. The molecular weight excluding hydrogens is 218 g/mol. The third kappa shape index (κ3) is 6.94. The van der Waals surface area contributed by atoms with Crippen molar-refractivity contribution in [2.45, 2.75) is 32.2 Å². The Bertz CT molecular complexity index is 342. The maximum atomic E-state index is 11.3. The van der Waals surface area contributed by atoms with Crippen LogP contribution in [0.2, 0.25) is 0 Å². The molecule has 6 heteroatoms. The second-order valence-corrected chi connectivity index (χ2v) is 4.97. The molecule has 0 rings (SSSR count). The molecule has 1 unspecified atom stereocenters. The van der Waals surface area contributed by atoms with Gasteiger partial charge in [-0.1, -0.05) is 6.92 Å². The standard InChI is InChI=1S/C9H15NO4S/c1-3-5-8(4-2)10-15(13,14)7-6-9(11)12/h1,8,10H,4-7H2,2H3,(H,11,12). The molecule has 0 aliphatic heterocycles. The Balaban J connectivity index is 4.24. The Labute approximate surface area is 89.9 Å². The van der Waals surface area contributed by atoms with Gasteiger partial charge in [0, 0.05) is 12.5 Å². The highest BCUT2D eigenvalue weighted by molar-refractivity contribution is 7.89. The van der Waals surface area contributed by atoms with Crippen LogP contribution < -0.4 is 4.72 Å². The van der Waals surface area contributed by atoms with Crippen LogP contribution in [0.25, 0.3) is 0 Å². The summed E-state index contributed by atoms with van der Waals surface area (Å²) in [4.78, 5) is 10.2. The van der Waals surface area contributed by atoms with Crippen molar-refractivity contribution in [3.63, 3.8) is 0 Å². The molecule has 0 radical (unpaired) electrons. The number of nitrogens with one attached hydrogen (secondary N) is 1. The van der Waals surface area contributed by atoms with E-state index in [0.717, 1.165) is 0 Å². The van der Waals surface area contributed by atoms with Crippen molar-refractivity contribution in [2.24, 2.45) is 0 Å². The fourth-order valence-corrected chi connectivity index (χ4v) is 2.27. The summed E-state index contributed by atoms with van der Waals surface area (Å²) in [5.74, 6) is 0.816. The number of hydrogen-bond acceptors (Lipinski definition) is 3. The minimum atomic E-state index is -3.54. The van der Waals surface area contributed by atoms with Gasteiger partial charge >= 0.3 is 5.97 Å². The van der Waals surface area contributed by atoms with E-state index in [1.165, 1.54) is 0 Å². The van der Waals surface area contributed by atoms with Gasteiger partial charge in [0.2, 0.25) is 10.0 Å². The number of aliphatic carboxylic acids is 1. The molecule has 0 amide bonds. The van der Waals surface area contributed by atoms with Crippen LogP contribution in [0.4, 0.5) is 0 Å². The quantitative estimate of drug-likeness (QED) is 0.614. The smallest absolute Gasteiger partial charge is 0.304 e. The molecule has 1 atom stereocenters. The lowest BCUT2D eigenvalue weighted by molar-refractivity contribution is -0.136. The molecule has 0 aromatic heterocycles. The van der Waals surface area contributed by atoms with Gasteiger partial charge in [0.25, 0.3) is 0 Å². The van der Waals surface area contributed by atoms with Crippen molar-refractivity contribution in [3.05, 3.63) is 0 Å². The maximum absolute atomic E-state index is 11.3. The maximum Gasteiger partial charge on any atom is 0.304 e. The van der Waals surface area contributed by atoms with Crippen LogP contribution in [-0.2, 0) is 14.8 Å². The summed E-state index contributed by atoms with van der Waals surface area (Å²) < 4.78 is 25.0. The Kier molecular flexibility index (Phi) is 5.97. The highest BCUT2D eigenvalue weighted by Crippen LogP contribution is 2.00. The summed E-state index contributed by atoms with van der Waals surface area (Å²) in [7, 11) is -3.54. The molecule has 0 bridgehead atoms. The van der Waals surface area contributed by atoms with Gasteiger partial charge in [-0.2, -0.15) is 0 Å². The molecule has 2 N–H and O–H groups in total. The van der Waals surface area contributed by atoms with E-state index in [0.29, 0.717) is 12.8 Å². The van der Waals surface area contributed by atoms with Gasteiger partial charge < -0.3 is 5.11 Å². The number of carboxylic acid groups (broad SMARTS) is 1. The van der Waals surface area contributed by atoms with E-state index in [9.17, 15) is 13.2 Å². The number of rotatable bonds is 7. The normalized spacial score (nSPS) is 13.1. The van der Waals surface area contributed by atoms with Gasteiger partial charge in [-0.05, 0) is 6.42 Å². The van der Waals surface area contributed by atoms with Gasteiger partial charge in [0.15, 0.2) is 0 Å². The Morgan fingerprint density at radius 3 is 2.60 bits per heavy atom. The summed E-state index contributed by atoms with van der Waals surface area (Å²) in [6.07, 6.45) is 5.55. The van der Waals surface area contributed by atoms with Gasteiger partial charge in [0.1, 0.15) is 0 Å². The van der Waals surface area contributed by atoms with Crippen LogP contribution in [0.1, 0.15) is 26.2 Å². The average Bonchev–Trinajstić information content (AvgIpc) is 2.14. The molecule has 0 aromatic carbocycles. The van der Waals surface area contributed by atoms with Gasteiger partial charge in [-0.15, -0.1) is 12.3 Å². The third-order valence-corrected chi connectivity index (χ3v) is 3.22. The minimum absolute atomic E-state index is 0.308. The first-order valence-electron chi connectivity index (χ1n) is 4.56. The molecular formula is C9H15NO4S. The first-order valence-corrected chi connectivity index (χ1v) is 6.21. The van der Waals surface area contributed by atoms with Crippen molar-refractivity contribution < 1.29 is 18.3 Å². The summed E-state index contributed by atoms with van der Waals surface area (Å²) in [6.45, 7) is 1.81. The van der Waals surface area contributed by atoms with Crippen molar-refractivity contribution in [2.75, 3.05) is 5.75 Å². The number of hydrogen-bond donors (Lipinski definition) is 2. The third-order valence-electron chi connectivity index (χ3n) is 1.79. The van der Waals surface area contributed by atoms with Crippen molar-refractivity contribution in [1.82, 2.24) is 4.72 Å². The van der Waals surface area contributed by atoms with Gasteiger partial charge in [-0.3, -0.25) is 4.79 Å². The molecule has 0 aliphatic carbocycles. The van der Waals surface area contributed by atoms with Gasteiger partial charge in [0.05, 0.1) is 12.2 Å². The van der Waals surface area contributed by atoms with E-state index >= 15 is 0 Å². The summed E-state index contributed by atoms with van der Waals surface area (Å²) in [6, 6.07) is -0.311. The van der Waals surface area contributed by atoms with E-state index in [-0.39, 0.29) is 6.04 Å². The minimum Gasteiger partial charge on any atom is -0.481 e. The Morgan fingerprint density at radius 1 is 1.60 bits per heavy atom. The van der Waals surface area contributed by atoms with Crippen LogP contribution >= 0.6 is 0 Å². The molecule has 0 heterocycles. The van der Waals surface area contributed by atoms with Crippen molar-refractivity contribution in [3.8, 4) is 12.3 Å². The van der Waals surface area contributed by atoms with Crippen molar-refractivity contribution >= 4 is 16.0 Å². The zero-order valence-corrected chi connectivity index (χ0v) is 9.38. The molecule has 0 saturated heterocycles. The number of carboxylic acids is 1. The second-order valence-electron chi connectivity index (χ2n) is 3.09. The summed E-state index contributed by atoms with van der Waals surface area (Å²) in [5, 5.41) is 8.35. The molecule has 86 valence electrons. The number of sulfonamides is 1. The van der Waals surface area contributed by atoms with Crippen LogP contribution in [0.15, 0.2) is 0 Å². The topological polar surface area (TPSA) is 83.5 Å². The lowest BCUT2D eigenvalue weighted by Crippen LogP contribution is -2.36. The zero-order chi connectivity index (χ0) is 11.9. The summed E-state index contributed by atoms with van der Waals surface area (Å²) >= 11 is 0. The number of terminal acetylenes is 1. The fourth-order valence-electron chi connectivity index (χ4n) is 0.946. The molecule has 15 heavy (non-hydrogen) atoms. The molecule has 0 fully saturated rings. The fraction of sp³-hybridized carbons (Fsp3) is 0.667. The highest BCUT2D eigenvalue weighted by atomic mass is 32.2. The average molecular weight is 233 g/mol. The largest absolute Gasteiger partial charge is 0.481 e. The first-order chi connectivity index (χ1) is 6.91. The Hall–Kier alpha value is -1.06. The van der Waals surface area contributed by atoms with Crippen LogP contribution in [0.5, 0.6) is 0 Å². The van der Waals surface area contributed by atoms with E-state index in [1.54, 1.807) is 0 Å². The molecule has 0 saturated carbocycles. The van der Waals surface area contributed by atoms with Crippen LogP contribution in [0, 0.1) is 12.3 Å². The lowest BCUT2D eigenvalue weighted by atomic mass is 10.2.